The van der Waals surface area contributed by atoms with E-state index in [0.717, 1.165) is 0 Å². The quantitative estimate of drug-likeness (QED) is 0.172. The Morgan fingerprint density at radius 1 is 2.20 bits per heavy atom. The van der Waals surface area contributed by atoms with E-state index < -0.39 is 0 Å². The molecule has 0 aliphatic rings. The van der Waals surface area contributed by atoms with Crippen molar-refractivity contribution >= 4 is 6.69 Å². The van der Waals surface area contributed by atoms with E-state index in [9.17, 15) is 0 Å². The molecule has 0 rings (SSSR count). The van der Waals surface area contributed by atoms with Crippen molar-refractivity contribution in [3.63, 3.8) is 0 Å². The molecule has 0 spiro atoms. The molecule has 0 bridgehead atoms. The predicted octanol–water partition coefficient (Wildman–Crippen LogP) is -2.40. The third-order valence-corrected chi connectivity index (χ3v) is 0. The second-order valence-electron chi connectivity index (χ2n) is 0.118. The van der Waals surface area contributed by atoms with Gasteiger partial charge in [0.15, 0.2) is 0 Å². The number of hydrogen-bond acceptors (Lipinski definition) is 3. The van der Waals surface area contributed by atoms with Crippen molar-refractivity contribution in [2.24, 2.45) is 5.90 Å². The van der Waals surface area contributed by atoms with E-state index >= 15 is 0 Å². The van der Waals surface area contributed by atoms with Gasteiger partial charge in [0.25, 0.3) is 0 Å². The highest BCUT2D eigenvalue weighted by atomic mass is 16.4. The van der Waals surface area contributed by atoms with Crippen molar-refractivity contribution < 1.29 is 11.7 Å². The number of rotatable bonds is 0. The minimum Gasteiger partial charge on any atom is -0.626 e. The highest BCUT2D eigenvalue weighted by Crippen LogP contribution is 0.558. The van der Waals surface area contributed by atoms with E-state index in [-0.39, 0.29) is 0 Å². The third-order valence-electron chi connectivity index (χ3n) is 0. The van der Waals surface area contributed by atoms with Crippen LogP contribution in [-0.4, -0.2) is 11.9 Å². The summed E-state index contributed by atoms with van der Waals surface area (Å²) in [6.07, 6.45) is 0. The zero-order valence-corrected chi connectivity index (χ0v) is 2.51. The van der Waals surface area contributed by atoms with Crippen molar-refractivity contribution in [2.75, 3.05) is 0 Å². The maximum atomic E-state index is 8.81. The molecule has 0 saturated heterocycles. The zero-order chi connectivity index (χ0) is 5.41. The van der Waals surface area contributed by atoms with Gasteiger partial charge in [0, 0.05) is 0 Å². The molecule has 0 aliphatic heterocycles. The van der Waals surface area contributed by atoms with Crippen LogP contribution < -0.4 is 11.1 Å². The second-order valence-corrected chi connectivity index (χ2v) is 0.118. The van der Waals surface area contributed by atoms with Gasteiger partial charge in [-0.2, -0.15) is 0 Å². The molecule has 0 radical (unpaired) electrons. The standard InChI is InChI=1S/CH3NO.H3NO/c1-2-3;1-2/h2H,1H2;2H,1H2/i1D;. The predicted molar refractivity (Wildman–Crippen MR) is 17.4 cm³/mol. The van der Waals surface area contributed by atoms with Gasteiger partial charge in [-0.25, -0.2) is 11.1 Å². The SMILES string of the molecule is NO.[2H]C=[NH+][O-]. The Labute approximate surface area is 30.9 Å². The zero-order valence-electron chi connectivity index (χ0n) is 3.51. The summed E-state index contributed by atoms with van der Waals surface area (Å²) in [5.74, 6) is 3.50. The lowest BCUT2D eigenvalue weighted by Crippen LogP contribution is -2.56. The average molecular weight is 79.1 g/mol. The Morgan fingerprint density at radius 3 is 2.40 bits per heavy atom. The van der Waals surface area contributed by atoms with E-state index in [1.807, 2.05) is 0 Å². The van der Waals surface area contributed by atoms with Gasteiger partial charge >= 0.3 is 0 Å². The van der Waals surface area contributed by atoms with E-state index in [0.29, 0.717) is 6.69 Å². The van der Waals surface area contributed by atoms with Crippen LogP contribution >= 0.6 is 0 Å². The summed E-state index contributed by atoms with van der Waals surface area (Å²) in [5.41, 5.74) is 0. The van der Waals surface area contributed by atoms with Crippen molar-refractivity contribution in [3.8, 4) is 0 Å². The molecule has 4 nitrogen and oxygen atoms in total. The van der Waals surface area contributed by atoms with Crippen molar-refractivity contribution in [1.82, 2.24) is 0 Å². The minimum atomic E-state index is 0.569. The van der Waals surface area contributed by atoms with Crippen molar-refractivity contribution in [1.29, 1.82) is 0 Å². The van der Waals surface area contributed by atoms with Gasteiger partial charge in [0.1, 0.15) is 8.06 Å². The summed E-state index contributed by atoms with van der Waals surface area (Å²) >= 11 is 0. The van der Waals surface area contributed by atoms with E-state index in [1.54, 1.807) is 0 Å². The lowest BCUT2D eigenvalue weighted by Gasteiger charge is -1.58. The van der Waals surface area contributed by atoms with Crippen LogP contribution in [-0.2, 0) is 0 Å². The van der Waals surface area contributed by atoms with Crippen LogP contribution in [0.15, 0.2) is 0 Å². The smallest absolute Gasteiger partial charge is 0.136 e. The largest absolute Gasteiger partial charge is 0.626 e. The average Bonchev–Trinajstić information content (AvgIpc) is 1.72. The van der Waals surface area contributed by atoms with Crippen LogP contribution in [0.3, 0.4) is 0 Å². The maximum absolute atomic E-state index is 8.81. The van der Waals surface area contributed by atoms with Gasteiger partial charge in [-0.3, -0.25) is 0 Å². The van der Waals surface area contributed by atoms with Gasteiger partial charge < -0.3 is 10.4 Å². The summed E-state index contributed by atoms with van der Waals surface area (Å²) in [6, 6.07) is 0. The molecule has 0 saturated carbocycles. The topological polar surface area (TPSA) is 83.3 Å². The van der Waals surface area contributed by atoms with Crippen LogP contribution in [0.4, 0.5) is 0 Å². The molecule has 0 heterocycles. The van der Waals surface area contributed by atoms with Gasteiger partial charge in [-0.1, -0.05) is 0 Å². The fraction of sp³-hybridized carbons (Fsp3) is 0. The first-order valence-electron chi connectivity index (χ1n) is 1.33. The minimum absolute atomic E-state index is 0.569. The highest BCUT2D eigenvalue weighted by molar-refractivity contribution is 5.12. The summed E-state index contributed by atoms with van der Waals surface area (Å²) < 4.78 is 5.90. The van der Waals surface area contributed by atoms with Crippen molar-refractivity contribution in [3.05, 3.63) is 5.21 Å². The molecule has 0 atom stereocenters. The second kappa shape index (κ2) is 127. The first-order valence-corrected chi connectivity index (χ1v) is 0.751. The first-order chi connectivity index (χ1) is 2.91. The highest BCUT2D eigenvalue weighted by Gasteiger charge is 0.981. The summed E-state index contributed by atoms with van der Waals surface area (Å²) in [7, 11) is 0. The van der Waals surface area contributed by atoms with Gasteiger partial charge in [-0.15, -0.1) is 0 Å². The van der Waals surface area contributed by atoms with Crippen LogP contribution in [0.25, 0.3) is 0 Å². The first kappa shape index (κ1) is 4.39. The van der Waals surface area contributed by atoms with Crippen LogP contribution in [0.1, 0.15) is 1.37 Å². The Hall–Kier alpha value is -0.610. The van der Waals surface area contributed by atoms with E-state index in [1.165, 1.54) is 5.16 Å². The monoisotopic (exact) mass is 79.0 g/mol. The van der Waals surface area contributed by atoms with Gasteiger partial charge in [0.2, 0.25) is 0 Å². The summed E-state index contributed by atoms with van der Waals surface area (Å²) in [5, 5.41) is 16.5. The fourth-order valence-corrected chi connectivity index (χ4v) is 0. The van der Waals surface area contributed by atoms with E-state index in [2.05, 4.69) is 5.90 Å². The maximum Gasteiger partial charge on any atom is 0.136 e. The molecular formula is CH6N2O2. The molecule has 32 valence electrons. The Balaban J connectivity index is 0. The fourth-order valence-electron chi connectivity index (χ4n) is 0. The molecule has 0 aromatic heterocycles. The molecule has 4 heteroatoms. The van der Waals surface area contributed by atoms with Gasteiger partial charge in [-0.05, 0) is 0 Å². The molecular weight excluding hydrogens is 72.0 g/mol. The molecule has 0 aromatic carbocycles. The Morgan fingerprint density at radius 2 is 2.40 bits per heavy atom. The summed E-state index contributed by atoms with van der Waals surface area (Å²) in [6.45, 7) is 0.569. The van der Waals surface area contributed by atoms with Crippen LogP contribution in [0, 0.1) is 5.21 Å². The van der Waals surface area contributed by atoms with Crippen LogP contribution in [0.2, 0.25) is 0 Å². The number of nitrogens with one attached hydrogen (secondary N) is 1. The summed E-state index contributed by atoms with van der Waals surface area (Å²) in [4.78, 5) is 0. The number of hydrogen-bond donors (Lipinski definition) is 3. The molecule has 0 fully saturated rings. The lowest BCUT2D eigenvalue weighted by atomic mass is 11.8. The molecule has 0 unspecified atom stereocenters. The molecule has 4 N–H and O–H groups in total. The lowest BCUT2D eigenvalue weighted by molar-refractivity contribution is -0.361. The van der Waals surface area contributed by atoms with E-state index in [4.69, 9.17) is 11.8 Å². The van der Waals surface area contributed by atoms with Crippen LogP contribution in [0.5, 0.6) is 0 Å². The van der Waals surface area contributed by atoms with Crippen molar-refractivity contribution in [2.45, 2.75) is 0 Å². The normalized spacial score (nSPS) is 8.80. The Bertz CT molecular complexity index is 26.7. The molecule has 0 aliphatic carbocycles. The molecule has 5 heavy (non-hydrogen) atoms. The number of nitrogens with two attached hydrogens (primary N) is 1. The Kier molecular flexibility index (Phi) is 112. The molecule has 0 amide bonds. The third kappa shape index (κ3) is 17.6. The molecule has 0 aromatic rings. The van der Waals surface area contributed by atoms with Gasteiger partial charge in [0.05, 0.1) is 0 Å².